The molecular formula is C25H26N2O2S. The quantitative estimate of drug-likeness (QED) is 0.605. The first kappa shape index (κ1) is 20.5. The molecule has 0 aliphatic carbocycles. The molecule has 0 bridgehead atoms. The minimum atomic E-state index is -0.748. The number of aliphatic carboxylic acids is 1. The van der Waals surface area contributed by atoms with Crippen LogP contribution in [0.5, 0.6) is 0 Å². The Morgan fingerprint density at radius 1 is 0.833 bits per heavy atom. The van der Waals surface area contributed by atoms with Gasteiger partial charge in [0.15, 0.2) is 0 Å². The highest BCUT2D eigenvalue weighted by Gasteiger charge is 2.29. The van der Waals surface area contributed by atoms with Crippen molar-refractivity contribution < 1.29 is 9.90 Å². The second-order valence-electron chi connectivity index (χ2n) is 7.44. The predicted molar refractivity (Wildman–Crippen MR) is 122 cm³/mol. The van der Waals surface area contributed by atoms with Gasteiger partial charge in [0, 0.05) is 41.7 Å². The summed E-state index contributed by atoms with van der Waals surface area (Å²) in [7, 11) is 0. The van der Waals surface area contributed by atoms with Crippen molar-refractivity contribution in [3.05, 3.63) is 90.5 Å². The molecule has 0 radical (unpaired) electrons. The van der Waals surface area contributed by atoms with Gasteiger partial charge in [-0.2, -0.15) is 0 Å². The van der Waals surface area contributed by atoms with Crippen LogP contribution in [0.4, 0.5) is 5.69 Å². The number of rotatable bonds is 7. The summed E-state index contributed by atoms with van der Waals surface area (Å²) < 4.78 is 0. The molecule has 1 heterocycles. The number of carboxylic acid groups (broad SMARTS) is 1. The summed E-state index contributed by atoms with van der Waals surface area (Å²) in [6.45, 7) is 3.18. The molecule has 4 rings (SSSR count). The van der Waals surface area contributed by atoms with E-state index in [1.54, 1.807) is 11.8 Å². The normalized spacial score (nSPS) is 15.7. The maximum atomic E-state index is 12.2. The topological polar surface area (TPSA) is 43.8 Å². The Balaban J connectivity index is 1.45. The summed E-state index contributed by atoms with van der Waals surface area (Å²) in [4.78, 5) is 18.9. The number of hydrogen-bond donors (Lipinski definition) is 1. The average Bonchev–Trinajstić information content (AvgIpc) is 2.80. The summed E-state index contributed by atoms with van der Waals surface area (Å²) in [5.41, 5.74) is 2.29. The van der Waals surface area contributed by atoms with Crippen molar-refractivity contribution in [3.63, 3.8) is 0 Å². The monoisotopic (exact) mass is 418 g/mol. The van der Waals surface area contributed by atoms with Crippen molar-refractivity contribution in [1.29, 1.82) is 0 Å². The van der Waals surface area contributed by atoms with E-state index < -0.39 is 12.0 Å². The van der Waals surface area contributed by atoms with E-state index in [0.29, 0.717) is 6.42 Å². The highest BCUT2D eigenvalue weighted by molar-refractivity contribution is 7.99. The lowest BCUT2D eigenvalue weighted by atomic mass is 10.0. The largest absolute Gasteiger partial charge is 0.480 e. The van der Waals surface area contributed by atoms with Crippen LogP contribution in [-0.2, 0) is 11.2 Å². The van der Waals surface area contributed by atoms with Gasteiger partial charge in [-0.25, -0.2) is 0 Å². The van der Waals surface area contributed by atoms with E-state index in [9.17, 15) is 9.90 Å². The van der Waals surface area contributed by atoms with Crippen molar-refractivity contribution in [2.24, 2.45) is 0 Å². The Labute approximate surface area is 182 Å². The maximum absolute atomic E-state index is 12.2. The lowest BCUT2D eigenvalue weighted by molar-refractivity contribution is -0.143. The van der Waals surface area contributed by atoms with Gasteiger partial charge in [0.05, 0.1) is 0 Å². The van der Waals surface area contributed by atoms with E-state index in [4.69, 9.17) is 0 Å². The van der Waals surface area contributed by atoms with Gasteiger partial charge in [0.25, 0.3) is 0 Å². The highest BCUT2D eigenvalue weighted by atomic mass is 32.2. The summed E-state index contributed by atoms with van der Waals surface area (Å²) in [6, 6.07) is 28.2. The fourth-order valence-corrected chi connectivity index (χ4v) is 4.88. The summed E-state index contributed by atoms with van der Waals surface area (Å²) in [5, 5.41) is 9.99. The van der Waals surface area contributed by atoms with Crippen LogP contribution < -0.4 is 4.90 Å². The van der Waals surface area contributed by atoms with Gasteiger partial charge in [-0.1, -0.05) is 66.4 Å². The van der Waals surface area contributed by atoms with Crippen LogP contribution in [-0.4, -0.2) is 48.2 Å². The van der Waals surface area contributed by atoms with Gasteiger partial charge in [-0.3, -0.25) is 9.69 Å². The van der Waals surface area contributed by atoms with Crippen molar-refractivity contribution in [3.8, 4) is 0 Å². The van der Waals surface area contributed by atoms with Gasteiger partial charge < -0.3 is 10.0 Å². The molecule has 0 spiro atoms. The zero-order chi connectivity index (χ0) is 20.8. The van der Waals surface area contributed by atoms with Crippen LogP contribution in [0.3, 0.4) is 0 Å². The lowest BCUT2D eigenvalue weighted by Crippen LogP contribution is -2.53. The molecule has 0 saturated carbocycles. The number of benzene rings is 3. The smallest absolute Gasteiger partial charge is 0.321 e. The van der Waals surface area contributed by atoms with Gasteiger partial charge in [0.1, 0.15) is 6.04 Å². The fourth-order valence-electron chi connectivity index (χ4n) is 3.90. The third-order valence-electron chi connectivity index (χ3n) is 5.52. The Bertz CT molecular complexity index is 957. The highest BCUT2D eigenvalue weighted by Crippen LogP contribution is 2.31. The molecule has 4 nitrogen and oxygen atoms in total. The molecule has 0 aromatic heterocycles. The first-order valence-electron chi connectivity index (χ1n) is 10.3. The van der Waals surface area contributed by atoms with Gasteiger partial charge in [-0.05, 0) is 42.3 Å². The number of piperazine rings is 1. The number of para-hydroxylation sites is 1. The molecule has 1 atom stereocenters. The Hall–Kier alpha value is -2.76. The number of hydrogen-bond acceptors (Lipinski definition) is 4. The molecule has 1 aliphatic rings. The van der Waals surface area contributed by atoms with Crippen molar-refractivity contribution in [2.45, 2.75) is 22.3 Å². The number of carboxylic acids is 1. The van der Waals surface area contributed by atoms with Crippen LogP contribution in [0, 0.1) is 0 Å². The van der Waals surface area contributed by atoms with Gasteiger partial charge in [0.2, 0.25) is 0 Å². The van der Waals surface area contributed by atoms with E-state index in [-0.39, 0.29) is 0 Å². The van der Waals surface area contributed by atoms with E-state index in [2.05, 4.69) is 46.2 Å². The van der Waals surface area contributed by atoms with E-state index >= 15 is 0 Å². The SMILES string of the molecule is O=C(O)[C@H](Cc1ccccc1Sc1ccccc1)N1CCN(c2ccccc2)CC1. The van der Waals surface area contributed by atoms with E-state index in [1.165, 1.54) is 5.69 Å². The summed E-state index contributed by atoms with van der Waals surface area (Å²) >= 11 is 1.69. The molecule has 1 N–H and O–H groups in total. The van der Waals surface area contributed by atoms with Crippen LogP contribution in [0.25, 0.3) is 0 Å². The summed E-state index contributed by atoms with van der Waals surface area (Å²) in [6.07, 6.45) is 0.511. The molecule has 1 saturated heterocycles. The standard InChI is InChI=1S/C25H26N2O2S/c28-25(29)23(27-17-15-26(16-18-27)21-10-3-1-4-11-21)19-20-9-7-8-14-24(20)30-22-12-5-2-6-13-22/h1-14,23H,15-19H2,(H,28,29)/t23-/m0/s1. The van der Waals surface area contributed by atoms with Crippen LogP contribution >= 0.6 is 11.8 Å². The van der Waals surface area contributed by atoms with Gasteiger partial charge in [-0.15, -0.1) is 0 Å². The minimum absolute atomic E-state index is 0.511. The molecule has 5 heteroatoms. The molecule has 154 valence electrons. The van der Waals surface area contributed by atoms with E-state index in [0.717, 1.165) is 41.5 Å². The van der Waals surface area contributed by atoms with Crippen molar-refractivity contribution in [1.82, 2.24) is 4.90 Å². The Morgan fingerprint density at radius 2 is 1.43 bits per heavy atom. The Kier molecular flexibility index (Phi) is 6.72. The molecule has 0 amide bonds. The third kappa shape index (κ3) is 5.04. The third-order valence-corrected chi connectivity index (χ3v) is 6.64. The van der Waals surface area contributed by atoms with Crippen LogP contribution in [0.1, 0.15) is 5.56 Å². The molecule has 3 aromatic rings. The lowest BCUT2D eigenvalue weighted by Gasteiger charge is -2.39. The molecular weight excluding hydrogens is 392 g/mol. The van der Waals surface area contributed by atoms with Crippen LogP contribution in [0.15, 0.2) is 94.7 Å². The zero-order valence-electron chi connectivity index (χ0n) is 16.9. The van der Waals surface area contributed by atoms with Crippen molar-refractivity contribution in [2.75, 3.05) is 31.1 Å². The Morgan fingerprint density at radius 3 is 2.10 bits per heavy atom. The van der Waals surface area contributed by atoms with Gasteiger partial charge >= 0.3 is 5.97 Å². The van der Waals surface area contributed by atoms with E-state index in [1.807, 2.05) is 48.5 Å². The minimum Gasteiger partial charge on any atom is -0.480 e. The zero-order valence-corrected chi connectivity index (χ0v) is 17.7. The number of carbonyl (C=O) groups is 1. The molecule has 1 aliphatic heterocycles. The van der Waals surface area contributed by atoms with Crippen molar-refractivity contribution >= 4 is 23.4 Å². The first-order chi connectivity index (χ1) is 14.7. The predicted octanol–water partition coefficient (Wildman–Crippen LogP) is 4.66. The van der Waals surface area contributed by atoms with Crippen LogP contribution in [0.2, 0.25) is 0 Å². The first-order valence-corrected chi connectivity index (χ1v) is 11.1. The molecule has 3 aromatic carbocycles. The number of nitrogens with zero attached hydrogens (tertiary/aromatic N) is 2. The molecule has 1 fully saturated rings. The second kappa shape index (κ2) is 9.83. The number of anilines is 1. The maximum Gasteiger partial charge on any atom is 0.321 e. The second-order valence-corrected chi connectivity index (χ2v) is 8.55. The molecule has 0 unspecified atom stereocenters. The fraction of sp³-hybridized carbons (Fsp3) is 0.240. The average molecular weight is 419 g/mol. The summed E-state index contributed by atoms with van der Waals surface area (Å²) in [5.74, 6) is -0.748. The molecule has 30 heavy (non-hydrogen) atoms.